The maximum atomic E-state index is 11.9. The van der Waals surface area contributed by atoms with E-state index >= 15 is 0 Å². The van der Waals surface area contributed by atoms with Gasteiger partial charge in [0.05, 0.1) is 25.4 Å². The van der Waals surface area contributed by atoms with Crippen LogP contribution in [0.2, 0.25) is 0 Å². The quantitative estimate of drug-likeness (QED) is 0.482. The highest BCUT2D eigenvalue weighted by atomic mass is 32.2. The Bertz CT molecular complexity index is 385. The zero-order valence-corrected chi connectivity index (χ0v) is 12.3. The summed E-state index contributed by atoms with van der Waals surface area (Å²) in [5.74, 6) is -0.203. The number of ether oxygens (including phenoxy) is 1. The Hall–Kier alpha value is -0.700. The number of carbonyl (C=O) groups is 1. The largest absolute Gasteiger partial charge is 0.379 e. The molecule has 1 aliphatic rings. The molecule has 0 bridgehead atoms. The van der Waals surface area contributed by atoms with Crippen molar-refractivity contribution in [3.05, 3.63) is 0 Å². The van der Waals surface area contributed by atoms with Gasteiger partial charge in [0.2, 0.25) is 15.9 Å². The minimum atomic E-state index is -3.15. The molecular formula is C11H23N3O4S. The van der Waals surface area contributed by atoms with E-state index in [1.807, 2.05) is 6.92 Å². The van der Waals surface area contributed by atoms with Gasteiger partial charge in [0.25, 0.3) is 0 Å². The zero-order valence-electron chi connectivity index (χ0n) is 11.4. The first-order valence-electron chi connectivity index (χ1n) is 6.47. The highest BCUT2D eigenvalue weighted by molar-refractivity contribution is 7.88. The number of nitrogens with one attached hydrogen (secondary N) is 3. The lowest BCUT2D eigenvalue weighted by atomic mass is 10.0. The van der Waals surface area contributed by atoms with Gasteiger partial charge in [-0.1, -0.05) is 6.92 Å². The second-order valence-corrected chi connectivity index (χ2v) is 6.45. The maximum absolute atomic E-state index is 11.9. The summed E-state index contributed by atoms with van der Waals surface area (Å²) < 4.78 is 29.3. The molecule has 1 aliphatic heterocycles. The van der Waals surface area contributed by atoms with Crippen LogP contribution in [0.3, 0.4) is 0 Å². The van der Waals surface area contributed by atoms with E-state index in [1.165, 1.54) is 0 Å². The lowest BCUT2D eigenvalue weighted by molar-refractivity contribution is -0.125. The minimum absolute atomic E-state index is 0.0391. The Morgan fingerprint density at radius 3 is 2.68 bits per heavy atom. The van der Waals surface area contributed by atoms with Gasteiger partial charge in [-0.25, -0.2) is 13.1 Å². The van der Waals surface area contributed by atoms with Crippen LogP contribution in [0.1, 0.15) is 13.3 Å². The van der Waals surface area contributed by atoms with Crippen LogP contribution in [0.15, 0.2) is 0 Å². The molecule has 3 N–H and O–H groups in total. The Morgan fingerprint density at radius 1 is 1.32 bits per heavy atom. The molecule has 0 aromatic rings. The van der Waals surface area contributed by atoms with Crippen LogP contribution in [0.4, 0.5) is 0 Å². The van der Waals surface area contributed by atoms with E-state index in [-0.39, 0.29) is 17.9 Å². The Labute approximate surface area is 114 Å². The fourth-order valence-corrected chi connectivity index (χ4v) is 2.48. The first kappa shape index (κ1) is 16.4. The maximum Gasteiger partial charge on any atom is 0.227 e. The third-order valence-corrected chi connectivity index (χ3v) is 3.63. The fourth-order valence-electron chi connectivity index (χ4n) is 1.96. The number of sulfonamides is 1. The first-order valence-corrected chi connectivity index (χ1v) is 8.36. The van der Waals surface area contributed by atoms with Gasteiger partial charge in [-0.05, 0) is 13.0 Å². The van der Waals surface area contributed by atoms with Gasteiger partial charge in [-0.3, -0.25) is 4.79 Å². The van der Waals surface area contributed by atoms with Gasteiger partial charge in [0.15, 0.2) is 0 Å². The lowest BCUT2D eigenvalue weighted by Gasteiger charge is -2.17. The fraction of sp³-hybridized carbons (Fsp3) is 0.909. The van der Waals surface area contributed by atoms with E-state index in [0.29, 0.717) is 32.7 Å². The summed E-state index contributed by atoms with van der Waals surface area (Å²) >= 11 is 0. The number of hydrogen-bond donors (Lipinski definition) is 3. The van der Waals surface area contributed by atoms with Crippen molar-refractivity contribution < 1.29 is 17.9 Å². The van der Waals surface area contributed by atoms with Crippen LogP contribution in [0, 0.1) is 5.92 Å². The lowest BCUT2D eigenvalue weighted by Crippen LogP contribution is -2.44. The zero-order chi connectivity index (χ0) is 14.3. The Kier molecular flexibility index (Phi) is 6.70. The van der Waals surface area contributed by atoms with E-state index in [0.717, 1.165) is 12.8 Å². The van der Waals surface area contributed by atoms with Crippen LogP contribution in [0.25, 0.3) is 0 Å². The highest BCUT2D eigenvalue weighted by Gasteiger charge is 2.32. The van der Waals surface area contributed by atoms with Crippen LogP contribution >= 0.6 is 0 Å². The predicted molar refractivity (Wildman–Crippen MR) is 72.2 cm³/mol. The van der Waals surface area contributed by atoms with Crippen LogP contribution < -0.4 is 15.4 Å². The molecule has 8 heteroatoms. The molecule has 1 heterocycles. The van der Waals surface area contributed by atoms with Gasteiger partial charge < -0.3 is 15.4 Å². The highest BCUT2D eigenvalue weighted by Crippen LogP contribution is 2.13. The smallest absolute Gasteiger partial charge is 0.227 e. The molecule has 0 aromatic carbocycles. The molecule has 19 heavy (non-hydrogen) atoms. The van der Waals surface area contributed by atoms with Crippen molar-refractivity contribution in [2.75, 3.05) is 39.1 Å². The van der Waals surface area contributed by atoms with E-state index in [4.69, 9.17) is 4.74 Å². The molecule has 0 radical (unpaired) electrons. The molecule has 1 rings (SSSR count). The van der Waals surface area contributed by atoms with Gasteiger partial charge in [-0.15, -0.1) is 0 Å². The summed E-state index contributed by atoms with van der Waals surface area (Å²) in [6, 6.07) is 0.0687. The van der Waals surface area contributed by atoms with Crippen LogP contribution in [-0.4, -0.2) is 59.5 Å². The topological polar surface area (TPSA) is 96.5 Å². The number of amides is 1. The van der Waals surface area contributed by atoms with Crippen molar-refractivity contribution in [2.45, 2.75) is 19.4 Å². The van der Waals surface area contributed by atoms with Crippen LogP contribution in [0.5, 0.6) is 0 Å². The Morgan fingerprint density at radius 2 is 2.05 bits per heavy atom. The summed E-state index contributed by atoms with van der Waals surface area (Å²) in [6.07, 6.45) is 1.68. The third kappa shape index (κ3) is 6.33. The molecule has 2 unspecified atom stereocenters. The Balaban J connectivity index is 2.20. The molecule has 0 saturated carbocycles. The summed E-state index contributed by atoms with van der Waals surface area (Å²) in [5.41, 5.74) is 0. The summed E-state index contributed by atoms with van der Waals surface area (Å²) in [4.78, 5) is 11.9. The normalized spacial score (nSPS) is 23.5. The van der Waals surface area contributed by atoms with E-state index in [9.17, 15) is 13.2 Å². The minimum Gasteiger partial charge on any atom is -0.379 e. The average Bonchev–Trinajstić information content (AvgIpc) is 2.75. The molecule has 1 amide bonds. The predicted octanol–water partition coefficient (Wildman–Crippen LogP) is -1.33. The molecular weight excluding hydrogens is 270 g/mol. The van der Waals surface area contributed by atoms with Crippen molar-refractivity contribution in [3.63, 3.8) is 0 Å². The molecule has 1 fully saturated rings. The van der Waals surface area contributed by atoms with Crippen molar-refractivity contribution in [2.24, 2.45) is 5.92 Å². The summed E-state index contributed by atoms with van der Waals surface area (Å²) in [6.45, 7) is 4.57. The molecule has 0 aliphatic carbocycles. The molecule has 2 atom stereocenters. The first-order chi connectivity index (χ1) is 8.94. The van der Waals surface area contributed by atoms with Gasteiger partial charge in [0.1, 0.15) is 0 Å². The second-order valence-electron chi connectivity index (χ2n) is 4.62. The van der Waals surface area contributed by atoms with Crippen molar-refractivity contribution >= 4 is 15.9 Å². The van der Waals surface area contributed by atoms with Crippen LogP contribution in [-0.2, 0) is 19.6 Å². The van der Waals surface area contributed by atoms with E-state index < -0.39 is 10.0 Å². The van der Waals surface area contributed by atoms with Gasteiger partial charge in [0, 0.05) is 19.1 Å². The number of rotatable bonds is 8. The van der Waals surface area contributed by atoms with Crippen molar-refractivity contribution in [1.29, 1.82) is 0 Å². The third-order valence-electron chi connectivity index (χ3n) is 2.90. The van der Waals surface area contributed by atoms with E-state index in [1.54, 1.807) is 0 Å². The van der Waals surface area contributed by atoms with E-state index in [2.05, 4.69) is 15.4 Å². The number of hydrogen-bond acceptors (Lipinski definition) is 5. The molecule has 112 valence electrons. The van der Waals surface area contributed by atoms with Crippen molar-refractivity contribution in [1.82, 2.24) is 15.4 Å². The summed E-state index contributed by atoms with van der Waals surface area (Å²) in [5, 5.41) is 6.02. The van der Waals surface area contributed by atoms with Crippen molar-refractivity contribution in [3.8, 4) is 0 Å². The monoisotopic (exact) mass is 293 g/mol. The molecule has 1 saturated heterocycles. The van der Waals surface area contributed by atoms with Gasteiger partial charge >= 0.3 is 0 Å². The average molecular weight is 293 g/mol. The number of likely N-dealkylation sites (N-methyl/N-ethyl adjacent to an activating group) is 1. The number of carbonyl (C=O) groups excluding carboxylic acids is 1. The standard InChI is InChI=1S/C11H23N3O4S/c1-3-12-10-8-18-7-9(10)11(15)13-5-4-6-14-19(2,16)17/h9-10,12,14H,3-8H2,1-2H3,(H,13,15). The molecule has 7 nitrogen and oxygen atoms in total. The summed E-state index contributed by atoms with van der Waals surface area (Å²) in [7, 11) is -3.15. The molecule has 0 spiro atoms. The molecule has 0 aromatic heterocycles. The second kappa shape index (κ2) is 7.78. The van der Waals surface area contributed by atoms with Gasteiger partial charge in [-0.2, -0.15) is 0 Å². The SMILES string of the molecule is CCNC1COCC1C(=O)NCCCNS(C)(=O)=O.